The van der Waals surface area contributed by atoms with Gasteiger partial charge >= 0.3 is 0 Å². The predicted octanol–water partition coefficient (Wildman–Crippen LogP) is 2.99. The minimum absolute atomic E-state index is 0.0590. The van der Waals surface area contributed by atoms with Crippen molar-refractivity contribution in [3.63, 3.8) is 0 Å². The molecule has 0 radical (unpaired) electrons. The van der Waals surface area contributed by atoms with Crippen molar-refractivity contribution in [2.24, 2.45) is 5.92 Å². The smallest absolute Gasteiger partial charge is 0.251 e. The van der Waals surface area contributed by atoms with Crippen LogP contribution in [-0.2, 0) is 4.79 Å². The number of carbonyl (C=O) groups is 2. The van der Waals surface area contributed by atoms with E-state index in [4.69, 9.17) is 11.6 Å². The molecule has 0 atom stereocenters. The zero-order chi connectivity index (χ0) is 15.1. The van der Waals surface area contributed by atoms with E-state index in [0.717, 1.165) is 0 Å². The Morgan fingerprint density at radius 2 is 2.00 bits per heavy atom. The minimum Gasteiger partial charge on any atom is -0.356 e. The lowest BCUT2D eigenvalue weighted by Crippen LogP contribution is -2.32. The second-order valence-corrected chi connectivity index (χ2v) is 6.09. The van der Waals surface area contributed by atoms with Crippen LogP contribution < -0.4 is 10.6 Å². The fraction of sp³-hybridized carbons (Fsp3) is 0.429. The average molecular weight is 362 g/mol. The van der Waals surface area contributed by atoms with Crippen LogP contribution in [0, 0.1) is 5.92 Å². The summed E-state index contributed by atoms with van der Waals surface area (Å²) in [4.78, 5) is 23.3. The second kappa shape index (κ2) is 8.27. The highest BCUT2D eigenvalue weighted by Gasteiger charge is 2.08. The number of hydrogen-bond acceptors (Lipinski definition) is 2. The number of halogens is 2. The highest BCUT2D eigenvalue weighted by Crippen LogP contribution is 2.23. The summed E-state index contributed by atoms with van der Waals surface area (Å²) in [5.74, 6) is 0.135. The average Bonchev–Trinajstić information content (AvgIpc) is 2.39. The summed E-state index contributed by atoms with van der Waals surface area (Å²) in [6.07, 6.45) is 0.271. The van der Waals surface area contributed by atoms with Gasteiger partial charge in [0, 0.05) is 29.5 Å². The van der Waals surface area contributed by atoms with Crippen LogP contribution in [0.4, 0.5) is 0 Å². The molecule has 110 valence electrons. The largest absolute Gasteiger partial charge is 0.356 e. The molecule has 0 heterocycles. The molecule has 0 spiro atoms. The molecule has 0 fully saturated rings. The molecule has 20 heavy (non-hydrogen) atoms. The Labute approximate surface area is 132 Å². The zero-order valence-corrected chi connectivity index (χ0v) is 13.8. The van der Waals surface area contributed by atoms with E-state index in [2.05, 4.69) is 26.6 Å². The van der Waals surface area contributed by atoms with Gasteiger partial charge in [-0.15, -0.1) is 0 Å². The molecule has 0 aromatic heterocycles. The Bertz CT molecular complexity index is 492. The van der Waals surface area contributed by atoms with Gasteiger partial charge in [0.1, 0.15) is 0 Å². The Morgan fingerprint density at radius 1 is 1.30 bits per heavy atom. The molecule has 1 rings (SSSR count). The van der Waals surface area contributed by atoms with Crippen LogP contribution in [-0.4, -0.2) is 24.9 Å². The van der Waals surface area contributed by atoms with Crippen molar-refractivity contribution in [3.8, 4) is 0 Å². The topological polar surface area (TPSA) is 58.2 Å². The molecule has 4 nitrogen and oxygen atoms in total. The van der Waals surface area contributed by atoms with Crippen LogP contribution in [0.5, 0.6) is 0 Å². The predicted molar refractivity (Wildman–Crippen MR) is 83.9 cm³/mol. The first-order chi connectivity index (χ1) is 9.40. The number of amides is 2. The van der Waals surface area contributed by atoms with E-state index in [9.17, 15) is 9.59 Å². The van der Waals surface area contributed by atoms with Gasteiger partial charge < -0.3 is 10.6 Å². The monoisotopic (exact) mass is 360 g/mol. The molecule has 1 aromatic carbocycles. The summed E-state index contributed by atoms with van der Waals surface area (Å²) >= 11 is 9.12. The first-order valence-electron chi connectivity index (χ1n) is 6.40. The van der Waals surface area contributed by atoms with Gasteiger partial charge in [-0.1, -0.05) is 25.4 Å². The quantitative estimate of drug-likeness (QED) is 0.818. The van der Waals surface area contributed by atoms with Gasteiger partial charge in [-0.25, -0.2) is 0 Å². The Morgan fingerprint density at radius 3 is 2.60 bits per heavy atom. The van der Waals surface area contributed by atoms with E-state index < -0.39 is 0 Å². The molecular weight excluding hydrogens is 344 g/mol. The van der Waals surface area contributed by atoms with Gasteiger partial charge in [-0.05, 0) is 40.0 Å². The van der Waals surface area contributed by atoms with E-state index >= 15 is 0 Å². The zero-order valence-electron chi connectivity index (χ0n) is 11.5. The molecule has 2 amide bonds. The summed E-state index contributed by atoms with van der Waals surface area (Å²) in [6, 6.07) is 4.94. The first kappa shape index (κ1) is 17.0. The number of rotatable bonds is 6. The van der Waals surface area contributed by atoms with Gasteiger partial charge in [0.2, 0.25) is 5.91 Å². The van der Waals surface area contributed by atoms with Crippen LogP contribution in [0.2, 0.25) is 5.02 Å². The summed E-state index contributed by atoms with van der Waals surface area (Å²) in [7, 11) is 0. The molecule has 0 aliphatic heterocycles. The standard InChI is InChI=1S/C14H18BrClN2O2/c1-9(2)8-18-13(19)5-6-17-14(20)10-3-4-12(16)11(15)7-10/h3-4,7,9H,5-6,8H2,1-2H3,(H,17,20)(H,18,19). The maximum absolute atomic E-state index is 11.8. The van der Waals surface area contributed by atoms with E-state index in [1.165, 1.54) is 0 Å². The van der Waals surface area contributed by atoms with Crippen LogP contribution in [0.3, 0.4) is 0 Å². The van der Waals surface area contributed by atoms with Gasteiger partial charge in [0.15, 0.2) is 0 Å². The number of nitrogens with one attached hydrogen (secondary N) is 2. The first-order valence-corrected chi connectivity index (χ1v) is 7.57. The highest BCUT2D eigenvalue weighted by atomic mass is 79.9. The van der Waals surface area contributed by atoms with E-state index in [0.29, 0.717) is 34.1 Å². The third-order valence-electron chi connectivity index (χ3n) is 2.53. The molecule has 0 unspecified atom stereocenters. The van der Waals surface area contributed by atoms with Crippen molar-refractivity contribution in [2.45, 2.75) is 20.3 Å². The van der Waals surface area contributed by atoms with Gasteiger partial charge in [-0.3, -0.25) is 9.59 Å². The highest BCUT2D eigenvalue weighted by molar-refractivity contribution is 9.10. The molecule has 0 aliphatic rings. The molecule has 0 saturated carbocycles. The second-order valence-electron chi connectivity index (χ2n) is 4.83. The molecule has 0 bridgehead atoms. The van der Waals surface area contributed by atoms with Crippen molar-refractivity contribution in [3.05, 3.63) is 33.3 Å². The Balaban J connectivity index is 2.36. The van der Waals surface area contributed by atoms with Crippen LogP contribution in [0.1, 0.15) is 30.6 Å². The SMILES string of the molecule is CC(C)CNC(=O)CCNC(=O)c1ccc(Cl)c(Br)c1. The van der Waals surface area contributed by atoms with Crippen LogP contribution in [0.15, 0.2) is 22.7 Å². The Hall–Kier alpha value is -1.07. The van der Waals surface area contributed by atoms with Crippen molar-refractivity contribution in [1.82, 2.24) is 10.6 Å². The summed E-state index contributed by atoms with van der Waals surface area (Å²) in [5, 5.41) is 6.05. The number of hydrogen-bond donors (Lipinski definition) is 2. The maximum atomic E-state index is 11.8. The number of benzene rings is 1. The van der Waals surface area contributed by atoms with Crippen molar-refractivity contribution in [2.75, 3.05) is 13.1 Å². The van der Waals surface area contributed by atoms with Crippen LogP contribution >= 0.6 is 27.5 Å². The van der Waals surface area contributed by atoms with E-state index in [1.54, 1.807) is 18.2 Å². The van der Waals surface area contributed by atoms with Gasteiger partial charge in [-0.2, -0.15) is 0 Å². The summed E-state index contributed by atoms with van der Waals surface area (Å²) in [5.41, 5.74) is 0.504. The van der Waals surface area contributed by atoms with Crippen molar-refractivity contribution in [1.29, 1.82) is 0 Å². The molecule has 6 heteroatoms. The van der Waals surface area contributed by atoms with Gasteiger partial charge in [0.25, 0.3) is 5.91 Å². The lowest BCUT2D eigenvalue weighted by atomic mass is 10.2. The molecule has 1 aromatic rings. The normalized spacial score (nSPS) is 10.4. The lowest BCUT2D eigenvalue weighted by Gasteiger charge is -2.08. The minimum atomic E-state index is -0.223. The van der Waals surface area contributed by atoms with Crippen LogP contribution in [0.25, 0.3) is 0 Å². The maximum Gasteiger partial charge on any atom is 0.251 e. The third kappa shape index (κ3) is 5.92. The molecule has 2 N–H and O–H groups in total. The summed E-state index contributed by atoms with van der Waals surface area (Å²) in [6.45, 7) is 5.01. The van der Waals surface area contributed by atoms with E-state index in [1.807, 2.05) is 13.8 Å². The Kier molecular flexibility index (Phi) is 7.02. The van der Waals surface area contributed by atoms with Gasteiger partial charge in [0.05, 0.1) is 5.02 Å². The third-order valence-corrected chi connectivity index (χ3v) is 3.74. The van der Waals surface area contributed by atoms with Crippen molar-refractivity contribution < 1.29 is 9.59 Å². The fourth-order valence-corrected chi connectivity index (χ4v) is 1.93. The van der Waals surface area contributed by atoms with E-state index in [-0.39, 0.29) is 18.2 Å². The van der Waals surface area contributed by atoms with Crippen molar-refractivity contribution >= 4 is 39.3 Å². The summed E-state index contributed by atoms with van der Waals surface area (Å²) < 4.78 is 0.668. The fourth-order valence-electron chi connectivity index (χ4n) is 1.44. The molecule has 0 saturated heterocycles. The number of carbonyl (C=O) groups excluding carboxylic acids is 2. The molecular formula is C14H18BrClN2O2. The lowest BCUT2D eigenvalue weighted by molar-refractivity contribution is -0.121. The molecule has 0 aliphatic carbocycles.